The van der Waals surface area contributed by atoms with Gasteiger partial charge in [0.1, 0.15) is 0 Å². The Balaban J connectivity index is 1.02. The van der Waals surface area contributed by atoms with Crippen LogP contribution in [0.3, 0.4) is 0 Å². The minimum Gasteiger partial charge on any atom is -0.310 e. The standard InChI is InChI=1S/C58H40N2/c1-4-15-41(16-5-1)42-27-34-49(35-28-42)59(55-26-14-23-45-17-10-12-24-52(45)55)50-36-29-43(30-37-50)44-31-38-51(39-32-44)60-57(48-21-8-3-9-22-48)56(47-19-6-2-7-20-47)54-40-33-46-18-11-13-25-53(46)58(54)60/h1-40H. The van der Waals surface area contributed by atoms with Gasteiger partial charge in [-0.3, -0.25) is 0 Å². The zero-order valence-corrected chi connectivity index (χ0v) is 33.0. The summed E-state index contributed by atoms with van der Waals surface area (Å²) in [6.45, 7) is 0. The van der Waals surface area contributed by atoms with Gasteiger partial charge in [0.25, 0.3) is 0 Å². The van der Waals surface area contributed by atoms with E-state index in [4.69, 9.17) is 0 Å². The zero-order chi connectivity index (χ0) is 39.8. The number of rotatable bonds is 8. The number of benzene rings is 10. The highest BCUT2D eigenvalue weighted by Crippen LogP contribution is 2.46. The van der Waals surface area contributed by atoms with Crippen LogP contribution in [0.5, 0.6) is 0 Å². The van der Waals surface area contributed by atoms with Crippen LogP contribution < -0.4 is 4.90 Å². The van der Waals surface area contributed by atoms with Crippen molar-refractivity contribution in [3.05, 3.63) is 243 Å². The van der Waals surface area contributed by atoms with Crippen molar-refractivity contribution in [2.24, 2.45) is 0 Å². The van der Waals surface area contributed by atoms with Crippen molar-refractivity contribution in [2.75, 3.05) is 4.90 Å². The second-order valence-electron chi connectivity index (χ2n) is 15.3. The Bertz CT molecular complexity index is 3250. The third-order valence-corrected chi connectivity index (χ3v) is 11.8. The second-order valence-corrected chi connectivity index (χ2v) is 15.3. The summed E-state index contributed by atoms with van der Waals surface area (Å²) in [4.78, 5) is 2.38. The number of hydrogen-bond acceptors (Lipinski definition) is 1. The van der Waals surface area contributed by atoms with E-state index in [-0.39, 0.29) is 0 Å². The van der Waals surface area contributed by atoms with E-state index in [1.54, 1.807) is 0 Å². The Morgan fingerprint density at radius 1 is 0.283 bits per heavy atom. The molecule has 0 radical (unpaired) electrons. The van der Waals surface area contributed by atoms with Crippen LogP contribution in [0, 0.1) is 0 Å². The van der Waals surface area contributed by atoms with E-state index in [0.717, 1.165) is 22.7 Å². The molecule has 0 aliphatic carbocycles. The molecule has 1 aromatic heterocycles. The van der Waals surface area contributed by atoms with Crippen molar-refractivity contribution < 1.29 is 0 Å². The maximum Gasteiger partial charge on any atom is 0.0619 e. The Morgan fingerprint density at radius 2 is 0.733 bits per heavy atom. The first-order valence-electron chi connectivity index (χ1n) is 20.6. The van der Waals surface area contributed by atoms with E-state index >= 15 is 0 Å². The normalized spacial score (nSPS) is 11.3. The molecule has 0 spiro atoms. The summed E-state index contributed by atoms with van der Waals surface area (Å²) in [5.74, 6) is 0. The molecule has 0 atom stereocenters. The first-order valence-corrected chi connectivity index (χ1v) is 20.6. The molecule has 0 bridgehead atoms. The molecular weight excluding hydrogens is 725 g/mol. The molecule has 0 unspecified atom stereocenters. The lowest BCUT2D eigenvalue weighted by Crippen LogP contribution is -2.10. The van der Waals surface area contributed by atoms with E-state index in [9.17, 15) is 0 Å². The largest absolute Gasteiger partial charge is 0.310 e. The SMILES string of the molecule is c1ccc(-c2ccc(N(c3ccc(-c4ccc(-n5c(-c6ccccc6)c(-c6ccccc6)c6ccc7ccccc7c65)cc4)cc3)c3cccc4ccccc34)cc2)cc1. The summed E-state index contributed by atoms with van der Waals surface area (Å²) < 4.78 is 2.48. The van der Waals surface area contributed by atoms with Crippen LogP contribution in [0.4, 0.5) is 17.1 Å². The van der Waals surface area contributed by atoms with E-state index in [1.165, 1.54) is 77.1 Å². The summed E-state index contributed by atoms with van der Waals surface area (Å²) in [7, 11) is 0. The maximum atomic E-state index is 2.48. The highest BCUT2D eigenvalue weighted by molar-refractivity contribution is 6.16. The monoisotopic (exact) mass is 764 g/mol. The van der Waals surface area contributed by atoms with Gasteiger partial charge < -0.3 is 9.47 Å². The topological polar surface area (TPSA) is 8.17 Å². The van der Waals surface area contributed by atoms with E-state index in [0.29, 0.717) is 0 Å². The third-order valence-electron chi connectivity index (χ3n) is 11.8. The molecule has 0 aliphatic rings. The maximum absolute atomic E-state index is 2.48. The molecule has 11 rings (SSSR count). The van der Waals surface area contributed by atoms with Gasteiger partial charge in [-0.2, -0.15) is 0 Å². The van der Waals surface area contributed by atoms with Crippen molar-refractivity contribution in [2.45, 2.75) is 0 Å². The predicted octanol–water partition coefficient (Wildman–Crippen LogP) is 16.1. The van der Waals surface area contributed by atoms with Gasteiger partial charge >= 0.3 is 0 Å². The van der Waals surface area contributed by atoms with Crippen LogP contribution in [0.25, 0.3) is 82.8 Å². The molecule has 0 fully saturated rings. The smallest absolute Gasteiger partial charge is 0.0619 e. The lowest BCUT2D eigenvalue weighted by molar-refractivity contribution is 1.14. The van der Waals surface area contributed by atoms with Crippen molar-refractivity contribution in [3.8, 4) is 50.3 Å². The number of aromatic nitrogens is 1. The van der Waals surface area contributed by atoms with Crippen LogP contribution >= 0.6 is 0 Å². The molecule has 2 heteroatoms. The van der Waals surface area contributed by atoms with Gasteiger partial charge in [0.05, 0.1) is 16.9 Å². The molecule has 0 saturated carbocycles. The van der Waals surface area contributed by atoms with Gasteiger partial charge in [-0.15, -0.1) is 0 Å². The molecule has 11 aromatic rings. The molecule has 1 heterocycles. The minimum absolute atomic E-state index is 1.10. The van der Waals surface area contributed by atoms with Gasteiger partial charge in [0.15, 0.2) is 0 Å². The molecule has 2 nitrogen and oxygen atoms in total. The third kappa shape index (κ3) is 6.23. The number of hydrogen-bond donors (Lipinski definition) is 0. The molecule has 0 saturated heterocycles. The molecular formula is C58H40N2. The van der Waals surface area contributed by atoms with Crippen LogP contribution in [0.2, 0.25) is 0 Å². The summed E-state index contributed by atoms with van der Waals surface area (Å²) >= 11 is 0. The van der Waals surface area contributed by atoms with E-state index in [2.05, 4.69) is 252 Å². The average Bonchev–Trinajstić information content (AvgIpc) is 3.69. The fourth-order valence-electron chi connectivity index (χ4n) is 8.94. The van der Waals surface area contributed by atoms with Gasteiger partial charge in [0.2, 0.25) is 0 Å². The zero-order valence-electron chi connectivity index (χ0n) is 33.0. The Morgan fingerprint density at radius 3 is 1.33 bits per heavy atom. The van der Waals surface area contributed by atoms with Gasteiger partial charge in [-0.25, -0.2) is 0 Å². The van der Waals surface area contributed by atoms with Gasteiger partial charge in [-0.1, -0.05) is 200 Å². The lowest BCUT2D eigenvalue weighted by Gasteiger charge is -2.27. The number of anilines is 3. The average molecular weight is 765 g/mol. The van der Waals surface area contributed by atoms with Crippen molar-refractivity contribution in [1.82, 2.24) is 4.57 Å². The summed E-state index contributed by atoms with van der Waals surface area (Å²) in [6, 6.07) is 87.8. The molecule has 60 heavy (non-hydrogen) atoms. The summed E-state index contributed by atoms with van der Waals surface area (Å²) in [5.41, 5.74) is 15.3. The molecule has 0 amide bonds. The fraction of sp³-hybridized carbons (Fsp3) is 0. The summed E-state index contributed by atoms with van der Waals surface area (Å²) in [5, 5.41) is 6.13. The van der Waals surface area contributed by atoms with Gasteiger partial charge in [-0.05, 0) is 86.6 Å². The van der Waals surface area contributed by atoms with Crippen LogP contribution in [0.15, 0.2) is 243 Å². The van der Waals surface area contributed by atoms with Crippen molar-refractivity contribution >= 4 is 49.5 Å². The number of fused-ring (bicyclic) bond motifs is 4. The number of nitrogens with zero attached hydrogens (tertiary/aromatic N) is 2. The van der Waals surface area contributed by atoms with E-state index in [1.807, 2.05) is 0 Å². The van der Waals surface area contributed by atoms with Crippen molar-refractivity contribution in [1.29, 1.82) is 0 Å². The first kappa shape index (κ1) is 35.2. The Labute approximate surface area is 350 Å². The Hall–Kier alpha value is -7.94. The predicted molar refractivity (Wildman–Crippen MR) is 255 cm³/mol. The minimum atomic E-state index is 1.10. The Kier molecular flexibility index (Phi) is 8.87. The quantitative estimate of drug-likeness (QED) is 0.150. The molecule has 10 aromatic carbocycles. The highest BCUT2D eigenvalue weighted by atomic mass is 15.1. The highest BCUT2D eigenvalue weighted by Gasteiger charge is 2.23. The lowest BCUT2D eigenvalue weighted by atomic mass is 9.97. The fourth-order valence-corrected chi connectivity index (χ4v) is 8.94. The molecule has 0 aliphatic heterocycles. The van der Waals surface area contributed by atoms with Crippen LogP contribution in [-0.4, -0.2) is 4.57 Å². The van der Waals surface area contributed by atoms with Crippen LogP contribution in [-0.2, 0) is 0 Å². The molecule has 282 valence electrons. The van der Waals surface area contributed by atoms with Gasteiger partial charge in [0, 0.05) is 38.8 Å². The summed E-state index contributed by atoms with van der Waals surface area (Å²) in [6.07, 6.45) is 0. The van der Waals surface area contributed by atoms with Crippen molar-refractivity contribution in [3.63, 3.8) is 0 Å². The first-order chi connectivity index (χ1) is 29.8. The van der Waals surface area contributed by atoms with Crippen LogP contribution in [0.1, 0.15) is 0 Å². The van der Waals surface area contributed by atoms with E-state index < -0.39 is 0 Å². The molecule has 0 N–H and O–H groups in total. The second kappa shape index (κ2) is 15.1.